The van der Waals surface area contributed by atoms with Crippen molar-refractivity contribution in [3.63, 3.8) is 0 Å². The van der Waals surface area contributed by atoms with Crippen LogP contribution in [0.1, 0.15) is 26.8 Å². The molecule has 1 aromatic carbocycles. The smallest absolute Gasteiger partial charge is 0.348 e. The van der Waals surface area contributed by atoms with Gasteiger partial charge in [-0.15, -0.1) is 11.3 Å². The zero-order valence-corrected chi connectivity index (χ0v) is 16.1. The van der Waals surface area contributed by atoms with Crippen LogP contribution in [0.4, 0.5) is 0 Å². The number of fused-ring (bicyclic) bond motifs is 1. The third-order valence-corrected chi connectivity index (χ3v) is 7.24. The van der Waals surface area contributed by atoms with Crippen LogP contribution in [0.15, 0.2) is 34.5 Å². The number of rotatable bonds is 6. The van der Waals surface area contributed by atoms with Crippen LogP contribution in [0, 0.1) is 0 Å². The fraction of sp³-hybridized carbons (Fsp3) is 0.353. The summed E-state index contributed by atoms with van der Waals surface area (Å²) in [7, 11) is -1.22. The van der Waals surface area contributed by atoms with Crippen LogP contribution < -0.4 is 14.8 Å². The largest absolute Gasteiger partial charge is 0.494 e. The molecule has 3 rings (SSSR count). The van der Waals surface area contributed by atoms with E-state index in [0.29, 0.717) is 0 Å². The Morgan fingerprint density at radius 2 is 2.12 bits per heavy atom. The molecule has 26 heavy (non-hydrogen) atoms. The van der Waals surface area contributed by atoms with Crippen molar-refractivity contribution in [3.8, 4) is 5.75 Å². The molecule has 0 saturated heterocycles. The fourth-order valence-electron chi connectivity index (χ4n) is 2.92. The lowest BCUT2D eigenvalue weighted by Crippen LogP contribution is -2.38. The maximum atomic E-state index is 12.7. The average Bonchev–Trinajstić information content (AvgIpc) is 3.11. The van der Waals surface area contributed by atoms with Gasteiger partial charge >= 0.3 is 5.97 Å². The van der Waals surface area contributed by atoms with Crippen LogP contribution in [0.25, 0.3) is 0 Å². The highest BCUT2D eigenvalue weighted by Crippen LogP contribution is 2.34. The molecule has 1 aromatic heterocycles. The second-order valence-electron chi connectivity index (χ2n) is 5.77. The molecule has 1 unspecified atom stereocenters. The summed E-state index contributed by atoms with van der Waals surface area (Å²) in [5, 5.41) is 3.33. The van der Waals surface area contributed by atoms with Crippen LogP contribution >= 0.6 is 11.3 Å². The topological polar surface area (TPSA) is 93.7 Å². The number of esters is 1. The highest BCUT2D eigenvalue weighted by molar-refractivity contribution is 7.91. The van der Waals surface area contributed by atoms with Gasteiger partial charge in [-0.05, 0) is 24.1 Å². The third kappa shape index (κ3) is 3.75. The van der Waals surface area contributed by atoms with Gasteiger partial charge in [-0.2, -0.15) is 0 Å². The van der Waals surface area contributed by atoms with E-state index in [9.17, 15) is 13.2 Å². The maximum absolute atomic E-state index is 12.7. The highest BCUT2D eigenvalue weighted by atomic mass is 32.2. The van der Waals surface area contributed by atoms with E-state index in [2.05, 4.69) is 20.8 Å². The van der Waals surface area contributed by atoms with Gasteiger partial charge in [-0.3, -0.25) is 0 Å². The molecular weight excluding hydrogens is 376 g/mol. The number of methoxy groups -OCH3 is 2. The number of sulfonamides is 1. The van der Waals surface area contributed by atoms with Crippen LogP contribution in [0.3, 0.4) is 0 Å². The Kier molecular flexibility index (Phi) is 5.61. The van der Waals surface area contributed by atoms with E-state index in [1.165, 1.54) is 25.8 Å². The minimum absolute atomic E-state index is 0.0375. The predicted molar refractivity (Wildman–Crippen MR) is 98.3 cm³/mol. The van der Waals surface area contributed by atoms with Gasteiger partial charge < -0.3 is 14.8 Å². The van der Waals surface area contributed by atoms with Crippen molar-refractivity contribution in [2.45, 2.75) is 16.7 Å². The van der Waals surface area contributed by atoms with Gasteiger partial charge in [-0.1, -0.05) is 24.3 Å². The van der Waals surface area contributed by atoms with Gasteiger partial charge in [0.1, 0.15) is 4.88 Å². The van der Waals surface area contributed by atoms with Gasteiger partial charge in [0.15, 0.2) is 9.96 Å². The zero-order valence-electron chi connectivity index (χ0n) is 14.4. The first-order chi connectivity index (χ1) is 12.5. The predicted octanol–water partition coefficient (Wildman–Crippen LogP) is 1.71. The summed E-state index contributed by atoms with van der Waals surface area (Å²) in [5.41, 5.74) is 2.31. The van der Waals surface area contributed by atoms with E-state index in [1.54, 1.807) is 0 Å². The van der Waals surface area contributed by atoms with Crippen LogP contribution in [0.5, 0.6) is 5.75 Å². The van der Waals surface area contributed by atoms with Crippen molar-refractivity contribution in [2.24, 2.45) is 0 Å². The van der Waals surface area contributed by atoms with Crippen molar-refractivity contribution in [3.05, 3.63) is 46.3 Å². The first-order valence-corrected chi connectivity index (χ1v) is 10.3. The van der Waals surface area contributed by atoms with Crippen LogP contribution in [-0.4, -0.2) is 41.7 Å². The number of hydrogen-bond donors (Lipinski definition) is 2. The lowest BCUT2D eigenvalue weighted by Gasteiger charge is -2.27. The number of thiophene rings is 1. The van der Waals surface area contributed by atoms with Gasteiger partial charge in [0, 0.05) is 18.7 Å². The highest BCUT2D eigenvalue weighted by Gasteiger charge is 2.28. The molecular formula is C17H20N2O5S2. The number of carbonyl (C=O) groups is 1. The number of benzene rings is 1. The molecule has 1 aliphatic heterocycles. The number of hydrogen-bond acceptors (Lipinski definition) is 7. The second kappa shape index (κ2) is 7.75. The molecule has 1 atom stereocenters. The Hall–Kier alpha value is -1.94. The summed E-state index contributed by atoms with van der Waals surface area (Å²) < 4.78 is 37.8. The third-order valence-electron chi connectivity index (χ3n) is 4.21. The first kappa shape index (κ1) is 18.8. The molecule has 9 heteroatoms. The van der Waals surface area contributed by atoms with E-state index in [-0.39, 0.29) is 27.4 Å². The quantitative estimate of drug-likeness (QED) is 0.722. The van der Waals surface area contributed by atoms with E-state index in [1.807, 2.05) is 18.2 Å². The van der Waals surface area contributed by atoms with E-state index >= 15 is 0 Å². The lowest BCUT2D eigenvalue weighted by atomic mass is 9.95. The van der Waals surface area contributed by atoms with Crippen molar-refractivity contribution >= 4 is 27.3 Å². The normalized spacial score (nSPS) is 16.8. The first-order valence-electron chi connectivity index (χ1n) is 8.03. The van der Waals surface area contributed by atoms with E-state index < -0.39 is 16.0 Å². The minimum Gasteiger partial charge on any atom is -0.494 e. The molecule has 0 spiro atoms. The molecule has 0 amide bonds. The summed E-state index contributed by atoms with van der Waals surface area (Å²) in [5.74, 6) is -0.475. The Morgan fingerprint density at radius 3 is 2.85 bits per heavy atom. The molecule has 0 saturated carbocycles. The van der Waals surface area contributed by atoms with E-state index in [0.717, 1.165) is 29.9 Å². The molecule has 2 aromatic rings. The Morgan fingerprint density at radius 1 is 1.35 bits per heavy atom. The van der Waals surface area contributed by atoms with Crippen LogP contribution in [-0.2, 0) is 21.2 Å². The Balaban J connectivity index is 1.80. The molecule has 2 heterocycles. The van der Waals surface area contributed by atoms with Crippen molar-refractivity contribution in [1.82, 2.24) is 10.0 Å². The molecule has 0 radical (unpaired) electrons. The van der Waals surface area contributed by atoms with Crippen molar-refractivity contribution in [2.75, 3.05) is 27.3 Å². The molecule has 0 fully saturated rings. The summed E-state index contributed by atoms with van der Waals surface area (Å²) in [6.45, 7) is 0.992. The van der Waals surface area contributed by atoms with Gasteiger partial charge in [0.25, 0.3) is 10.0 Å². The molecule has 140 valence electrons. The number of carbonyl (C=O) groups excluding carboxylic acids is 1. The molecule has 7 nitrogen and oxygen atoms in total. The standard InChI is InChI=1S/C17H20N2O5S2/c1-23-14-9-15(16(20)24-2)25-17(14)26(21,22)19-10-13-12-6-4-3-5-11(12)7-8-18-13/h3-6,9,13,18-19H,7-8,10H2,1-2H3. The Bertz CT molecular complexity index is 908. The summed E-state index contributed by atoms with van der Waals surface area (Å²) >= 11 is 0.826. The number of ether oxygens (including phenoxy) is 2. The zero-order chi connectivity index (χ0) is 18.7. The summed E-state index contributed by atoms with van der Waals surface area (Å²) in [6.07, 6.45) is 0.917. The monoisotopic (exact) mass is 396 g/mol. The minimum atomic E-state index is -3.83. The summed E-state index contributed by atoms with van der Waals surface area (Å²) in [6, 6.07) is 9.25. The van der Waals surface area contributed by atoms with Crippen LogP contribution in [0.2, 0.25) is 0 Å². The van der Waals surface area contributed by atoms with E-state index in [4.69, 9.17) is 4.74 Å². The SMILES string of the molecule is COC(=O)c1cc(OC)c(S(=O)(=O)NCC2NCCc3ccccc32)s1. The molecule has 0 bridgehead atoms. The second-order valence-corrected chi connectivity index (χ2v) is 8.78. The van der Waals surface area contributed by atoms with Gasteiger partial charge in [0.05, 0.1) is 14.2 Å². The lowest BCUT2D eigenvalue weighted by molar-refractivity contribution is 0.0606. The van der Waals surface area contributed by atoms with Crippen molar-refractivity contribution < 1.29 is 22.7 Å². The van der Waals surface area contributed by atoms with Crippen molar-refractivity contribution in [1.29, 1.82) is 0 Å². The molecule has 0 aliphatic carbocycles. The Labute approximate surface area is 156 Å². The van der Waals surface area contributed by atoms with Gasteiger partial charge in [0.2, 0.25) is 0 Å². The summed E-state index contributed by atoms with van der Waals surface area (Å²) in [4.78, 5) is 11.8. The fourth-order valence-corrected chi connectivity index (χ4v) is 5.51. The average molecular weight is 396 g/mol. The molecule has 2 N–H and O–H groups in total. The number of nitrogens with one attached hydrogen (secondary N) is 2. The van der Waals surface area contributed by atoms with Gasteiger partial charge in [-0.25, -0.2) is 17.9 Å². The molecule has 1 aliphatic rings. The maximum Gasteiger partial charge on any atom is 0.348 e.